The van der Waals surface area contributed by atoms with Gasteiger partial charge in [0.25, 0.3) is 0 Å². The molecule has 1 amide bonds. The van der Waals surface area contributed by atoms with Gasteiger partial charge in [-0.2, -0.15) is 5.10 Å². The Balaban J connectivity index is 1.25. The summed E-state index contributed by atoms with van der Waals surface area (Å²) in [5.41, 5.74) is 2.20. The fourth-order valence-electron chi connectivity index (χ4n) is 5.42. The number of carbonyl (C=O) groups excluding carboxylic acids is 1. The van der Waals surface area contributed by atoms with Crippen LogP contribution in [0.25, 0.3) is 11.1 Å². The average molecular weight is 429 g/mol. The Hall–Kier alpha value is -2.61. The summed E-state index contributed by atoms with van der Waals surface area (Å²) in [6.07, 6.45) is 7.48. The number of aliphatic hydroxyl groups is 1. The number of aryl methyl sites for hydroxylation is 1. The summed E-state index contributed by atoms with van der Waals surface area (Å²) < 4.78 is 22.5. The Morgan fingerprint density at radius 3 is 2.65 bits per heavy atom. The lowest BCUT2D eigenvalue weighted by atomic mass is 10.0. The largest absolute Gasteiger partial charge is 0.444 e. The van der Waals surface area contributed by atoms with E-state index in [1.807, 2.05) is 29.1 Å². The number of hydrogen-bond acceptors (Lipinski definition) is 5. The van der Waals surface area contributed by atoms with Crippen LogP contribution in [0.4, 0.5) is 14.9 Å². The van der Waals surface area contributed by atoms with Gasteiger partial charge in [0.1, 0.15) is 11.9 Å². The molecule has 31 heavy (non-hydrogen) atoms. The monoisotopic (exact) mass is 428 g/mol. The van der Waals surface area contributed by atoms with Gasteiger partial charge in [-0.25, -0.2) is 9.18 Å². The number of carbonyl (C=O) groups is 1. The van der Waals surface area contributed by atoms with E-state index in [9.17, 15) is 14.3 Å². The Labute approximate surface area is 181 Å². The van der Waals surface area contributed by atoms with E-state index in [1.54, 1.807) is 23.0 Å². The highest BCUT2D eigenvalue weighted by atomic mass is 19.1. The molecule has 0 aliphatic carbocycles. The van der Waals surface area contributed by atoms with E-state index in [2.05, 4.69) is 5.10 Å². The second-order valence-corrected chi connectivity index (χ2v) is 9.08. The number of rotatable bonds is 3. The van der Waals surface area contributed by atoms with Crippen LogP contribution in [-0.4, -0.2) is 63.3 Å². The van der Waals surface area contributed by atoms with Crippen molar-refractivity contribution in [3.05, 3.63) is 36.4 Å². The number of aromatic nitrogens is 2. The zero-order chi connectivity index (χ0) is 21.5. The van der Waals surface area contributed by atoms with Crippen LogP contribution in [0, 0.1) is 5.82 Å². The average Bonchev–Trinajstić information content (AvgIpc) is 3.29. The normalized spacial score (nSPS) is 28.1. The SMILES string of the molecule is Cn1cc(-c2ccc(N3CCCC(OC(=O)N4C5CCC4CC(O)C5)C3)c(F)c2)cn1. The predicted octanol–water partition coefficient (Wildman–Crippen LogP) is 3.32. The molecule has 3 atom stereocenters. The van der Waals surface area contributed by atoms with Crippen LogP contribution in [0.3, 0.4) is 0 Å². The van der Waals surface area contributed by atoms with Gasteiger partial charge in [0.15, 0.2) is 0 Å². The van der Waals surface area contributed by atoms with Crippen LogP contribution in [0.1, 0.15) is 38.5 Å². The van der Waals surface area contributed by atoms with E-state index in [4.69, 9.17) is 4.74 Å². The maximum absolute atomic E-state index is 14.9. The highest BCUT2D eigenvalue weighted by Crippen LogP contribution is 2.37. The Kier molecular flexibility index (Phi) is 5.33. The van der Waals surface area contributed by atoms with Crippen LogP contribution in [-0.2, 0) is 11.8 Å². The van der Waals surface area contributed by atoms with Crippen LogP contribution in [0.5, 0.6) is 0 Å². The minimum absolute atomic E-state index is 0.0819. The lowest BCUT2D eigenvalue weighted by molar-refractivity contribution is 0.00640. The Bertz CT molecular complexity index is 950. The van der Waals surface area contributed by atoms with Gasteiger partial charge in [-0.15, -0.1) is 0 Å². The minimum atomic E-state index is -0.315. The lowest BCUT2D eigenvalue weighted by Gasteiger charge is -2.39. The van der Waals surface area contributed by atoms with Crippen molar-refractivity contribution in [3.63, 3.8) is 0 Å². The van der Waals surface area contributed by atoms with Crippen molar-refractivity contribution in [3.8, 4) is 11.1 Å². The highest BCUT2D eigenvalue weighted by molar-refractivity contribution is 5.70. The number of nitrogens with zero attached hydrogens (tertiary/aromatic N) is 4. The van der Waals surface area contributed by atoms with Crippen LogP contribution in [0.15, 0.2) is 30.6 Å². The number of piperidine rings is 2. The topological polar surface area (TPSA) is 70.8 Å². The number of aliphatic hydroxyl groups excluding tert-OH is 1. The van der Waals surface area contributed by atoms with Crippen LogP contribution in [0.2, 0.25) is 0 Å². The zero-order valence-corrected chi connectivity index (χ0v) is 17.8. The van der Waals surface area contributed by atoms with Crippen LogP contribution >= 0.6 is 0 Å². The number of hydrogen-bond donors (Lipinski definition) is 1. The summed E-state index contributed by atoms with van der Waals surface area (Å²) in [6.45, 7) is 1.22. The molecule has 1 aromatic carbocycles. The van der Waals surface area contributed by atoms with E-state index < -0.39 is 0 Å². The number of benzene rings is 1. The minimum Gasteiger partial charge on any atom is -0.444 e. The molecule has 3 saturated heterocycles. The molecule has 0 spiro atoms. The van der Waals surface area contributed by atoms with Gasteiger partial charge in [-0.1, -0.05) is 6.07 Å². The Morgan fingerprint density at radius 1 is 1.19 bits per heavy atom. The molecular weight excluding hydrogens is 399 g/mol. The first-order valence-electron chi connectivity index (χ1n) is 11.2. The third kappa shape index (κ3) is 4.01. The van der Waals surface area contributed by atoms with Gasteiger partial charge in [0.05, 0.1) is 24.5 Å². The number of anilines is 1. The maximum atomic E-state index is 14.9. The first kappa shape index (κ1) is 20.3. The number of ether oxygens (including phenoxy) is 1. The smallest absolute Gasteiger partial charge is 0.410 e. The van der Waals surface area contributed by atoms with E-state index in [0.717, 1.165) is 43.4 Å². The predicted molar refractivity (Wildman–Crippen MR) is 114 cm³/mol. The van der Waals surface area contributed by atoms with Crippen LogP contribution < -0.4 is 4.90 Å². The molecule has 0 radical (unpaired) electrons. The van der Waals surface area contributed by atoms with E-state index in [0.29, 0.717) is 25.1 Å². The summed E-state index contributed by atoms with van der Waals surface area (Å²) in [5.74, 6) is -0.281. The summed E-state index contributed by atoms with van der Waals surface area (Å²) in [6, 6.07) is 5.41. The third-order valence-electron chi connectivity index (χ3n) is 6.89. The van der Waals surface area contributed by atoms with E-state index >= 15 is 0 Å². The molecule has 3 aliphatic rings. The summed E-state index contributed by atoms with van der Waals surface area (Å²) in [4.78, 5) is 16.7. The maximum Gasteiger partial charge on any atom is 0.410 e. The zero-order valence-electron chi connectivity index (χ0n) is 17.8. The first-order valence-corrected chi connectivity index (χ1v) is 11.2. The van der Waals surface area contributed by atoms with Gasteiger partial charge in [-0.3, -0.25) is 4.68 Å². The lowest BCUT2D eigenvalue weighted by Crippen LogP contribution is -2.50. The molecule has 2 aromatic rings. The second-order valence-electron chi connectivity index (χ2n) is 9.08. The summed E-state index contributed by atoms with van der Waals surface area (Å²) in [5, 5.41) is 14.1. The standard InChI is InChI=1S/C23H29FN4O3/c1-26-13-16(12-25-26)15-4-7-22(21(24)9-15)27-8-2-3-20(14-27)31-23(30)28-17-5-6-18(28)11-19(29)10-17/h4,7,9,12-13,17-20,29H,2-3,5-6,8,10-11,14H2,1H3. The molecular formula is C23H29FN4O3. The molecule has 8 heteroatoms. The highest BCUT2D eigenvalue weighted by Gasteiger charge is 2.44. The molecule has 3 fully saturated rings. The number of fused-ring (bicyclic) bond motifs is 2. The fourth-order valence-corrected chi connectivity index (χ4v) is 5.42. The summed E-state index contributed by atoms with van der Waals surface area (Å²) >= 11 is 0. The second kappa shape index (κ2) is 8.15. The molecule has 3 aliphatic heterocycles. The first-order chi connectivity index (χ1) is 15.0. The number of halogens is 1. The third-order valence-corrected chi connectivity index (χ3v) is 6.89. The van der Waals surface area contributed by atoms with Gasteiger partial charge in [0, 0.05) is 37.4 Å². The molecule has 1 aromatic heterocycles. The van der Waals surface area contributed by atoms with Crippen molar-refractivity contribution in [2.45, 2.75) is 62.8 Å². The quantitative estimate of drug-likeness (QED) is 0.812. The molecule has 2 bridgehead atoms. The van der Waals surface area contributed by atoms with Crippen molar-refractivity contribution < 1.29 is 19.0 Å². The van der Waals surface area contributed by atoms with Gasteiger partial charge < -0.3 is 19.6 Å². The van der Waals surface area contributed by atoms with E-state index in [1.165, 1.54) is 0 Å². The molecule has 5 rings (SSSR count). The fraction of sp³-hybridized carbons (Fsp3) is 0.565. The van der Waals surface area contributed by atoms with Gasteiger partial charge in [0.2, 0.25) is 0 Å². The van der Waals surface area contributed by atoms with Crippen molar-refractivity contribution >= 4 is 11.8 Å². The van der Waals surface area contributed by atoms with Gasteiger partial charge >= 0.3 is 6.09 Å². The molecule has 7 nitrogen and oxygen atoms in total. The van der Waals surface area contributed by atoms with Crippen molar-refractivity contribution in [1.82, 2.24) is 14.7 Å². The molecule has 3 unspecified atom stereocenters. The molecule has 4 heterocycles. The Morgan fingerprint density at radius 2 is 1.97 bits per heavy atom. The molecule has 0 saturated carbocycles. The van der Waals surface area contributed by atoms with Crippen molar-refractivity contribution in [1.29, 1.82) is 0 Å². The number of amides is 1. The molecule has 166 valence electrons. The van der Waals surface area contributed by atoms with Crippen molar-refractivity contribution in [2.75, 3.05) is 18.0 Å². The van der Waals surface area contributed by atoms with Gasteiger partial charge in [-0.05, 0) is 56.2 Å². The van der Waals surface area contributed by atoms with E-state index in [-0.39, 0.29) is 36.2 Å². The van der Waals surface area contributed by atoms with Crippen molar-refractivity contribution in [2.24, 2.45) is 7.05 Å². The molecule has 1 N–H and O–H groups in total. The summed E-state index contributed by atoms with van der Waals surface area (Å²) in [7, 11) is 1.83.